The van der Waals surface area contributed by atoms with Gasteiger partial charge in [0.1, 0.15) is 0 Å². The molecule has 1 amide bonds. The first kappa shape index (κ1) is 17.5. The van der Waals surface area contributed by atoms with Crippen LogP contribution in [0.15, 0.2) is 16.8 Å². The minimum absolute atomic E-state index is 0.192. The van der Waals surface area contributed by atoms with Crippen LogP contribution in [0.4, 0.5) is 0 Å². The zero-order valence-corrected chi connectivity index (χ0v) is 15.9. The lowest BCUT2D eigenvalue weighted by Gasteiger charge is -2.49. The number of rotatable bonds is 3. The molecular weight excluding hydrogens is 332 g/mol. The summed E-state index contributed by atoms with van der Waals surface area (Å²) in [5.41, 5.74) is 0.728. The Hall–Kier alpha value is -0.910. The zero-order chi connectivity index (χ0) is 17.3. The quantitative estimate of drug-likeness (QED) is 0.896. The molecule has 1 aromatic rings. The summed E-state index contributed by atoms with van der Waals surface area (Å²) in [5, 5.41) is 14.9. The number of carbonyl (C=O) groups is 1. The molecule has 1 N–H and O–H groups in total. The molecule has 3 aliphatic rings. The molecule has 2 aliphatic heterocycles. The van der Waals surface area contributed by atoms with Gasteiger partial charge in [-0.1, -0.05) is 0 Å². The van der Waals surface area contributed by atoms with Crippen molar-refractivity contribution in [3.8, 4) is 0 Å². The van der Waals surface area contributed by atoms with Gasteiger partial charge in [-0.2, -0.15) is 11.3 Å². The minimum atomic E-state index is -0.473. The van der Waals surface area contributed by atoms with Crippen LogP contribution in [-0.4, -0.2) is 59.1 Å². The van der Waals surface area contributed by atoms with Gasteiger partial charge in [-0.25, -0.2) is 0 Å². The summed E-state index contributed by atoms with van der Waals surface area (Å²) in [4.78, 5) is 17.0. The number of β-amino-alcohol motifs (C(OH)–C–C–N with tert-alkyl or cyclic N) is 1. The van der Waals surface area contributed by atoms with Crippen LogP contribution in [0.3, 0.4) is 0 Å². The van der Waals surface area contributed by atoms with Gasteiger partial charge >= 0.3 is 0 Å². The van der Waals surface area contributed by atoms with Crippen molar-refractivity contribution in [1.82, 2.24) is 9.80 Å². The summed E-state index contributed by atoms with van der Waals surface area (Å²) < 4.78 is 0. The van der Waals surface area contributed by atoms with Crippen molar-refractivity contribution in [2.24, 2.45) is 5.41 Å². The molecule has 4 nitrogen and oxygen atoms in total. The van der Waals surface area contributed by atoms with Crippen molar-refractivity contribution in [2.75, 3.05) is 32.7 Å². The summed E-state index contributed by atoms with van der Waals surface area (Å²) >= 11 is 1.59. The van der Waals surface area contributed by atoms with Gasteiger partial charge in [-0.3, -0.25) is 4.79 Å². The van der Waals surface area contributed by atoms with Gasteiger partial charge < -0.3 is 14.9 Å². The van der Waals surface area contributed by atoms with E-state index in [0.717, 1.165) is 76.8 Å². The van der Waals surface area contributed by atoms with E-state index in [1.54, 1.807) is 11.3 Å². The number of piperidine rings is 1. The van der Waals surface area contributed by atoms with Gasteiger partial charge in [0.25, 0.3) is 5.91 Å². The number of hydrogen-bond acceptors (Lipinski definition) is 4. The summed E-state index contributed by atoms with van der Waals surface area (Å²) in [6.45, 7) is 4.94. The summed E-state index contributed by atoms with van der Waals surface area (Å²) in [5.74, 6) is 0.192. The third kappa shape index (κ3) is 3.79. The Morgan fingerprint density at radius 3 is 2.32 bits per heavy atom. The standard InChI is InChI=1S/C20H30N2O2S/c23-18(17-3-14-25-15-17)22-12-8-19(9-13-22)4-6-20(24,7-5-19)16-21-10-1-2-11-21/h3,14-15,24H,1-2,4-13,16H2. The molecule has 3 fully saturated rings. The lowest BCUT2D eigenvalue weighted by Crippen LogP contribution is -2.50. The fraction of sp³-hybridized carbons (Fsp3) is 0.750. The highest BCUT2D eigenvalue weighted by molar-refractivity contribution is 7.08. The average Bonchev–Trinajstić information content (AvgIpc) is 3.32. The molecule has 4 rings (SSSR count). The normalized spacial score (nSPS) is 26.2. The lowest BCUT2D eigenvalue weighted by molar-refractivity contribution is -0.0647. The molecule has 0 aromatic carbocycles. The Labute approximate surface area is 154 Å². The first-order valence-corrected chi connectivity index (χ1v) is 10.8. The monoisotopic (exact) mass is 362 g/mol. The number of amides is 1. The number of aliphatic hydroxyl groups is 1. The van der Waals surface area contributed by atoms with E-state index >= 15 is 0 Å². The Kier molecular flexibility index (Phi) is 4.91. The molecule has 2 saturated heterocycles. The van der Waals surface area contributed by atoms with Gasteiger partial charge in [0.05, 0.1) is 11.2 Å². The second-order valence-corrected chi connectivity index (χ2v) is 9.29. The topological polar surface area (TPSA) is 43.8 Å². The number of thiophene rings is 1. The Morgan fingerprint density at radius 2 is 1.72 bits per heavy atom. The van der Waals surface area contributed by atoms with E-state index in [9.17, 15) is 9.90 Å². The van der Waals surface area contributed by atoms with Crippen molar-refractivity contribution in [3.63, 3.8) is 0 Å². The van der Waals surface area contributed by atoms with Gasteiger partial charge in [0.2, 0.25) is 0 Å². The third-order valence-electron chi connectivity index (χ3n) is 6.84. The van der Waals surface area contributed by atoms with Crippen molar-refractivity contribution < 1.29 is 9.90 Å². The van der Waals surface area contributed by atoms with Crippen LogP contribution < -0.4 is 0 Å². The highest BCUT2D eigenvalue weighted by Gasteiger charge is 2.44. The van der Waals surface area contributed by atoms with Crippen molar-refractivity contribution in [2.45, 2.75) is 57.0 Å². The summed E-state index contributed by atoms with van der Waals surface area (Å²) in [6.07, 6.45) is 8.88. The maximum absolute atomic E-state index is 12.5. The SMILES string of the molecule is O=C(c1ccsc1)N1CCC2(CC1)CCC(O)(CN1CCCC1)CC2. The maximum atomic E-state index is 12.5. The molecule has 0 bridgehead atoms. The van der Waals surface area contributed by atoms with E-state index < -0.39 is 5.60 Å². The van der Waals surface area contributed by atoms with Crippen LogP contribution >= 0.6 is 11.3 Å². The van der Waals surface area contributed by atoms with E-state index in [2.05, 4.69) is 4.90 Å². The van der Waals surface area contributed by atoms with E-state index in [4.69, 9.17) is 0 Å². The minimum Gasteiger partial charge on any atom is -0.389 e. The van der Waals surface area contributed by atoms with Crippen LogP contribution in [0.25, 0.3) is 0 Å². The molecule has 5 heteroatoms. The fourth-order valence-electron chi connectivity index (χ4n) is 5.01. The van der Waals surface area contributed by atoms with Crippen molar-refractivity contribution >= 4 is 17.2 Å². The van der Waals surface area contributed by atoms with Crippen LogP contribution in [0.5, 0.6) is 0 Å². The van der Waals surface area contributed by atoms with Crippen molar-refractivity contribution in [3.05, 3.63) is 22.4 Å². The third-order valence-corrected chi connectivity index (χ3v) is 7.52. The molecule has 1 saturated carbocycles. The molecule has 138 valence electrons. The predicted molar refractivity (Wildman–Crippen MR) is 101 cm³/mol. The van der Waals surface area contributed by atoms with E-state index in [1.165, 1.54) is 12.8 Å². The van der Waals surface area contributed by atoms with Crippen LogP contribution in [0, 0.1) is 5.41 Å². The first-order valence-electron chi connectivity index (χ1n) is 9.84. The molecular formula is C20H30N2O2S. The van der Waals surface area contributed by atoms with Crippen molar-refractivity contribution in [1.29, 1.82) is 0 Å². The van der Waals surface area contributed by atoms with Gasteiger partial charge in [-0.15, -0.1) is 0 Å². The van der Waals surface area contributed by atoms with E-state index in [1.807, 2.05) is 21.7 Å². The number of carbonyl (C=O) groups excluding carboxylic acids is 1. The highest BCUT2D eigenvalue weighted by Crippen LogP contribution is 2.48. The zero-order valence-electron chi connectivity index (χ0n) is 15.1. The van der Waals surface area contributed by atoms with E-state index in [-0.39, 0.29) is 5.91 Å². The Balaban J connectivity index is 1.30. The summed E-state index contributed by atoms with van der Waals surface area (Å²) in [6, 6.07) is 1.93. The second-order valence-electron chi connectivity index (χ2n) is 8.51. The molecule has 1 aromatic heterocycles. The smallest absolute Gasteiger partial charge is 0.254 e. The highest BCUT2D eigenvalue weighted by atomic mass is 32.1. The summed E-state index contributed by atoms with van der Waals surface area (Å²) in [7, 11) is 0. The average molecular weight is 363 g/mol. The number of hydrogen-bond donors (Lipinski definition) is 1. The Bertz CT molecular complexity index is 577. The lowest BCUT2D eigenvalue weighted by atomic mass is 9.64. The van der Waals surface area contributed by atoms with Gasteiger partial charge in [0.15, 0.2) is 0 Å². The van der Waals surface area contributed by atoms with Crippen LogP contribution in [0.2, 0.25) is 0 Å². The molecule has 25 heavy (non-hydrogen) atoms. The fourth-order valence-corrected chi connectivity index (χ4v) is 5.64. The molecule has 0 radical (unpaired) electrons. The second kappa shape index (κ2) is 7.01. The van der Waals surface area contributed by atoms with E-state index in [0.29, 0.717) is 5.41 Å². The number of nitrogens with zero attached hydrogens (tertiary/aromatic N) is 2. The van der Waals surface area contributed by atoms with Crippen LogP contribution in [0.1, 0.15) is 61.7 Å². The molecule has 1 aliphatic carbocycles. The predicted octanol–water partition coefficient (Wildman–Crippen LogP) is 3.37. The molecule has 1 spiro atoms. The first-order chi connectivity index (χ1) is 12.1. The molecule has 0 unspecified atom stereocenters. The van der Waals surface area contributed by atoms with Crippen LogP contribution in [-0.2, 0) is 0 Å². The maximum Gasteiger partial charge on any atom is 0.254 e. The molecule has 3 heterocycles. The Morgan fingerprint density at radius 1 is 1.04 bits per heavy atom. The number of likely N-dealkylation sites (tertiary alicyclic amines) is 2. The van der Waals surface area contributed by atoms with Gasteiger partial charge in [-0.05, 0) is 81.3 Å². The van der Waals surface area contributed by atoms with Gasteiger partial charge in [0, 0.05) is 25.0 Å². The molecule has 0 atom stereocenters. The largest absolute Gasteiger partial charge is 0.389 e.